The number of rotatable bonds is 3. The Balaban J connectivity index is 2.46. The van der Waals surface area contributed by atoms with Gasteiger partial charge in [0.05, 0.1) is 7.11 Å². The number of methoxy groups -OCH3 is 1. The second-order valence-corrected chi connectivity index (χ2v) is 4.46. The van der Waals surface area contributed by atoms with Gasteiger partial charge in [-0.25, -0.2) is 4.39 Å². The van der Waals surface area contributed by atoms with Crippen molar-refractivity contribution in [2.45, 2.75) is 12.5 Å². The maximum absolute atomic E-state index is 14.0. The predicted molar refractivity (Wildman–Crippen MR) is 69.7 cm³/mol. The highest BCUT2D eigenvalue weighted by atomic mass is 19.1. The van der Waals surface area contributed by atoms with Crippen LogP contribution in [0.25, 0.3) is 0 Å². The standard InChI is InChI=1S/C15H15FO3/c1-15(18,10-3-5-11(17)6-4-10)13-8-7-12(19-2)9-14(13)16/h3-9,17-18H,1-2H3. The maximum Gasteiger partial charge on any atom is 0.133 e. The Bertz CT molecular complexity index is 576. The largest absolute Gasteiger partial charge is 0.508 e. The zero-order valence-corrected chi connectivity index (χ0v) is 10.7. The molecule has 0 aliphatic carbocycles. The Kier molecular flexibility index (Phi) is 3.44. The molecule has 0 saturated heterocycles. The molecule has 0 saturated carbocycles. The lowest BCUT2D eigenvalue weighted by molar-refractivity contribution is 0.0978. The first-order valence-electron chi connectivity index (χ1n) is 5.81. The Morgan fingerprint density at radius 2 is 1.74 bits per heavy atom. The van der Waals surface area contributed by atoms with E-state index < -0.39 is 11.4 Å². The summed E-state index contributed by atoms with van der Waals surface area (Å²) in [7, 11) is 1.45. The van der Waals surface area contributed by atoms with Crippen LogP contribution in [0.15, 0.2) is 42.5 Å². The van der Waals surface area contributed by atoms with Crippen LogP contribution in [0, 0.1) is 5.82 Å². The first-order valence-corrected chi connectivity index (χ1v) is 5.81. The average Bonchev–Trinajstić information content (AvgIpc) is 2.38. The van der Waals surface area contributed by atoms with Crippen LogP contribution in [0.4, 0.5) is 4.39 Å². The van der Waals surface area contributed by atoms with E-state index in [4.69, 9.17) is 4.74 Å². The number of phenolic OH excluding ortho intramolecular Hbond substituents is 1. The fourth-order valence-corrected chi connectivity index (χ4v) is 1.96. The lowest BCUT2D eigenvalue weighted by atomic mass is 9.88. The minimum absolute atomic E-state index is 0.0924. The minimum atomic E-state index is -1.48. The summed E-state index contributed by atoms with van der Waals surface area (Å²) in [5.41, 5.74) is -0.835. The van der Waals surface area contributed by atoms with E-state index in [-0.39, 0.29) is 11.3 Å². The quantitative estimate of drug-likeness (QED) is 0.894. The normalized spacial score (nSPS) is 13.9. The summed E-state index contributed by atoms with van der Waals surface area (Å²) in [6.07, 6.45) is 0. The molecule has 0 aliphatic heterocycles. The molecule has 0 fully saturated rings. The highest BCUT2D eigenvalue weighted by Crippen LogP contribution is 2.33. The summed E-state index contributed by atoms with van der Waals surface area (Å²) < 4.78 is 18.9. The lowest BCUT2D eigenvalue weighted by Gasteiger charge is -2.25. The number of benzene rings is 2. The number of aromatic hydroxyl groups is 1. The molecule has 0 bridgehead atoms. The van der Waals surface area contributed by atoms with Gasteiger partial charge in [0.2, 0.25) is 0 Å². The van der Waals surface area contributed by atoms with E-state index in [2.05, 4.69) is 0 Å². The first kappa shape index (κ1) is 13.4. The first-order chi connectivity index (χ1) is 8.95. The Labute approximate surface area is 110 Å². The molecule has 0 aromatic heterocycles. The van der Waals surface area contributed by atoms with Gasteiger partial charge < -0.3 is 14.9 Å². The van der Waals surface area contributed by atoms with Gasteiger partial charge in [0.25, 0.3) is 0 Å². The molecule has 0 aliphatic rings. The summed E-state index contributed by atoms with van der Waals surface area (Å²) in [5.74, 6) is -0.0602. The van der Waals surface area contributed by atoms with Crippen molar-refractivity contribution in [1.29, 1.82) is 0 Å². The van der Waals surface area contributed by atoms with E-state index in [1.165, 1.54) is 38.3 Å². The molecule has 3 nitrogen and oxygen atoms in total. The van der Waals surface area contributed by atoms with Crippen LogP contribution < -0.4 is 4.74 Å². The molecule has 4 heteroatoms. The van der Waals surface area contributed by atoms with Crippen molar-refractivity contribution < 1.29 is 19.3 Å². The zero-order chi connectivity index (χ0) is 14.0. The highest BCUT2D eigenvalue weighted by molar-refractivity contribution is 5.40. The molecule has 2 aromatic rings. The van der Waals surface area contributed by atoms with Gasteiger partial charge in [0, 0.05) is 11.6 Å². The predicted octanol–water partition coefficient (Wildman–Crippen LogP) is 2.80. The second-order valence-electron chi connectivity index (χ2n) is 4.46. The van der Waals surface area contributed by atoms with Gasteiger partial charge in [-0.2, -0.15) is 0 Å². The van der Waals surface area contributed by atoms with Crippen molar-refractivity contribution in [3.63, 3.8) is 0 Å². The van der Waals surface area contributed by atoms with Crippen LogP contribution in [0.2, 0.25) is 0 Å². The number of ether oxygens (including phenoxy) is 1. The second kappa shape index (κ2) is 4.90. The molecule has 0 amide bonds. The Hall–Kier alpha value is -2.07. The molecule has 1 unspecified atom stereocenters. The number of hydrogen-bond acceptors (Lipinski definition) is 3. The summed E-state index contributed by atoms with van der Waals surface area (Å²) >= 11 is 0. The fraction of sp³-hybridized carbons (Fsp3) is 0.200. The van der Waals surface area contributed by atoms with Crippen molar-refractivity contribution in [3.8, 4) is 11.5 Å². The minimum Gasteiger partial charge on any atom is -0.508 e. The van der Waals surface area contributed by atoms with E-state index in [1.807, 2.05) is 0 Å². The molecule has 0 heterocycles. The van der Waals surface area contributed by atoms with E-state index in [0.717, 1.165) is 0 Å². The number of aliphatic hydroxyl groups is 1. The van der Waals surface area contributed by atoms with Crippen LogP contribution in [0.1, 0.15) is 18.1 Å². The van der Waals surface area contributed by atoms with Crippen LogP contribution >= 0.6 is 0 Å². The number of phenols is 1. The molecule has 100 valence electrons. The fourth-order valence-electron chi connectivity index (χ4n) is 1.96. The average molecular weight is 262 g/mol. The number of hydrogen-bond donors (Lipinski definition) is 2. The smallest absolute Gasteiger partial charge is 0.133 e. The topological polar surface area (TPSA) is 49.7 Å². The molecule has 2 rings (SSSR count). The monoisotopic (exact) mass is 262 g/mol. The molecule has 1 atom stereocenters. The molecule has 2 aromatic carbocycles. The van der Waals surface area contributed by atoms with E-state index in [9.17, 15) is 14.6 Å². The van der Waals surface area contributed by atoms with Crippen molar-refractivity contribution in [2.75, 3.05) is 7.11 Å². The van der Waals surface area contributed by atoms with Crippen LogP contribution in [0.3, 0.4) is 0 Å². The number of halogens is 1. The van der Waals surface area contributed by atoms with Gasteiger partial charge in [-0.15, -0.1) is 0 Å². The molecular weight excluding hydrogens is 247 g/mol. The Morgan fingerprint density at radius 1 is 1.11 bits per heavy atom. The van der Waals surface area contributed by atoms with Crippen molar-refractivity contribution in [3.05, 3.63) is 59.4 Å². The third-order valence-electron chi connectivity index (χ3n) is 3.13. The van der Waals surface area contributed by atoms with Crippen LogP contribution in [-0.4, -0.2) is 17.3 Å². The molecule has 0 spiro atoms. The highest BCUT2D eigenvalue weighted by Gasteiger charge is 2.28. The van der Waals surface area contributed by atoms with Gasteiger partial charge in [-0.05, 0) is 36.8 Å². The Morgan fingerprint density at radius 3 is 2.26 bits per heavy atom. The van der Waals surface area contributed by atoms with E-state index in [0.29, 0.717) is 11.3 Å². The lowest BCUT2D eigenvalue weighted by Crippen LogP contribution is -2.24. The zero-order valence-electron chi connectivity index (χ0n) is 10.7. The van der Waals surface area contributed by atoms with Crippen LogP contribution in [0.5, 0.6) is 11.5 Å². The summed E-state index contributed by atoms with van der Waals surface area (Å²) in [6.45, 7) is 1.50. The molecule has 0 radical (unpaired) electrons. The van der Waals surface area contributed by atoms with Crippen molar-refractivity contribution >= 4 is 0 Å². The van der Waals surface area contributed by atoms with Crippen molar-refractivity contribution in [1.82, 2.24) is 0 Å². The molecular formula is C15H15FO3. The third kappa shape index (κ3) is 2.53. The van der Waals surface area contributed by atoms with E-state index in [1.54, 1.807) is 18.2 Å². The summed E-state index contributed by atoms with van der Waals surface area (Å²) in [4.78, 5) is 0. The molecule has 2 N–H and O–H groups in total. The van der Waals surface area contributed by atoms with Gasteiger partial charge in [0.15, 0.2) is 0 Å². The van der Waals surface area contributed by atoms with Crippen molar-refractivity contribution in [2.24, 2.45) is 0 Å². The van der Waals surface area contributed by atoms with Gasteiger partial charge in [-0.3, -0.25) is 0 Å². The van der Waals surface area contributed by atoms with Gasteiger partial charge in [-0.1, -0.05) is 12.1 Å². The SMILES string of the molecule is COc1ccc(C(C)(O)c2ccc(O)cc2)c(F)c1. The third-order valence-corrected chi connectivity index (χ3v) is 3.13. The van der Waals surface area contributed by atoms with Gasteiger partial charge in [0.1, 0.15) is 22.9 Å². The summed E-state index contributed by atoms with van der Waals surface area (Å²) in [6, 6.07) is 10.3. The van der Waals surface area contributed by atoms with Crippen LogP contribution in [-0.2, 0) is 5.60 Å². The molecule has 19 heavy (non-hydrogen) atoms. The maximum atomic E-state index is 14.0. The van der Waals surface area contributed by atoms with E-state index >= 15 is 0 Å². The van der Waals surface area contributed by atoms with Gasteiger partial charge >= 0.3 is 0 Å². The summed E-state index contributed by atoms with van der Waals surface area (Å²) in [5, 5.41) is 19.8.